The van der Waals surface area contributed by atoms with Crippen LogP contribution in [-0.2, 0) is 0 Å². The zero-order valence-corrected chi connectivity index (χ0v) is 14.5. The number of nitrogens with zero attached hydrogens (tertiary/aromatic N) is 3. The van der Waals surface area contributed by atoms with Crippen LogP contribution >= 0.6 is 0 Å². The fourth-order valence-corrected chi connectivity index (χ4v) is 2.98. The molecule has 4 heteroatoms. The predicted molar refractivity (Wildman–Crippen MR) is 107 cm³/mol. The molecule has 0 aliphatic carbocycles. The molecule has 0 saturated heterocycles. The van der Waals surface area contributed by atoms with E-state index in [4.69, 9.17) is 0 Å². The summed E-state index contributed by atoms with van der Waals surface area (Å²) in [6.45, 7) is 5.85. The number of aromatic nitrogens is 3. The molecule has 0 amide bonds. The van der Waals surface area contributed by atoms with Crippen LogP contribution in [0.4, 0.5) is 11.5 Å². The van der Waals surface area contributed by atoms with Crippen LogP contribution < -0.4 is 5.32 Å². The fourth-order valence-electron chi connectivity index (χ4n) is 2.98. The van der Waals surface area contributed by atoms with Crippen molar-refractivity contribution in [3.63, 3.8) is 0 Å². The highest BCUT2D eigenvalue weighted by molar-refractivity contribution is 5.88. The highest BCUT2D eigenvalue weighted by atomic mass is 15.0. The Morgan fingerprint density at radius 3 is 2.62 bits per heavy atom. The molecule has 26 heavy (non-hydrogen) atoms. The molecule has 0 saturated carbocycles. The van der Waals surface area contributed by atoms with Gasteiger partial charge in [-0.2, -0.15) is 0 Å². The Bertz CT molecular complexity index is 1090. The molecule has 0 aliphatic rings. The summed E-state index contributed by atoms with van der Waals surface area (Å²) in [4.78, 5) is 13.5. The molecule has 0 fully saturated rings. The Morgan fingerprint density at radius 1 is 0.962 bits per heavy atom. The Morgan fingerprint density at radius 2 is 1.81 bits per heavy atom. The number of benzene rings is 2. The van der Waals surface area contributed by atoms with Crippen LogP contribution in [0.15, 0.2) is 73.6 Å². The van der Waals surface area contributed by atoms with Crippen LogP contribution in [0.1, 0.15) is 11.3 Å². The second-order valence-electron chi connectivity index (χ2n) is 6.00. The standard InChI is InChI=1S/C22H18N4/c1-3-17-14-24-21-20(25-17)12-13-23-22(21)26-19-11-7-10-18(15(19)2)16-8-5-4-6-9-16/h3-14H,1H2,2H3,(H,23,26). The van der Waals surface area contributed by atoms with E-state index in [0.29, 0.717) is 5.82 Å². The van der Waals surface area contributed by atoms with Crippen LogP contribution in [0.2, 0.25) is 0 Å². The molecule has 4 nitrogen and oxygen atoms in total. The van der Waals surface area contributed by atoms with Crippen molar-refractivity contribution in [3.8, 4) is 11.1 Å². The van der Waals surface area contributed by atoms with Gasteiger partial charge in [0.1, 0.15) is 5.52 Å². The second-order valence-corrected chi connectivity index (χ2v) is 6.00. The van der Waals surface area contributed by atoms with E-state index in [1.165, 1.54) is 11.1 Å². The van der Waals surface area contributed by atoms with Crippen LogP contribution in [0.5, 0.6) is 0 Å². The second kappa shape index (κ2) is 6.76. The third-order valence-electron chi connectivity index (χ3n) is 4.36. The highest BCUT2D eigenvalue weighted by Gasteiger charge is 2.10. The molecule has 0 bridgehead atoms. The van der Waals surface area contributed by atoms with Crippen molar-refractivity contribution < 1.29 is 0 Å². The lowest BCUT2D eigenvalue weighted by atomic mass is 9.99. The zero-order valence-electron chi connectivity index (χ0n) is 14.5. The summed E-state index contributed by atoms with van der Waals surface area (Å²) in [5, 5.41) is 3.42. The number of hydrogen-bond donors (Lipinski definition) is 1. The van der Waals surface area contributed by atoms with Gasteiger partial charge < -0.3 is 5.32 Å². The lowest BCUT2D eigenvalue weighted by molar-refractivity contribution is 1.22. The van der Waals surface area contributed by atoms with Gasteiger partial charge in [0, 0.05) is 11.9 Å². The molecule has 2 heterocycles. The first kappa shape index (κ1) is 16.0. The van der Waals surface area contributed by atoms with Crippen molar-refractivity contribution in [2.75, 3.05) is 5.32 Å². The van der Waals surface area contributed by atoms with Crippen LogP contribution in [0.3, 0.4) is 0 Å². The van der Waals surface area contributed by atoms with E-state index in [1.807, 2.05) is 36.4 Å². The lowest BCUT2D eigenvalue weighted by Gasteiger charge is -2.14. The van der Waals surface area contributed by atoms with Crippen molar-refractivity contribution >= 4 is 28.6 Å². The number of nitrogens with one attached hydrogen (secondary N) is 1. The molecule has 2 aromatic heterocycles. The molecule has 4 aromatic rings. The van der Waals surface area contributed by atoms with Gasteiger partial charge in [0.25, 0.3) is 0 Å². The average Bonchev–Trinajstić information content (AvgIpc) is 2.70. The Kier molecular flexibility index (Phi) is 4.15. The average molecular weight is 338 g/mol. The lowest BCUT2D eigenvalue weighted by Crippen LogP contribution is -2.00. The molecule has 126 valence electrons. The Balaban J connectivity index is 1.77. The van der Waals surface area contributed by atoms with E-state index < -0.39 is 0 Å². The molecule has 1 N–H and O–H groups in total. The largest absolute Gasteiger partial charge is 0.338 e. The minimum atomic E-state index is 0.693. The van der Waals surface area contributed by atoms with Gasteiger partial charge in [0.05, 0.1) is 17.4 Å². The van der Waals surface area contributed by atoms with Gasteiger partial charge in [-0.05, 0) is 41.8 Å². The number of pyridine rings is 1. The van der Waals surface area contributed by atoms with Gasteiger partial charge in [-0.25, -0.2) is 15.0 Å². The first-order valence-corrected chi connectivity index (χ1v) is 8.42. The highest BCUT2D eigenvalue weighted by Crippen LogP contribution is 2.31. The quantitative estimate of drug-likeness (QED) is 0.542. The summed E-state index contributed by atoms with van der Waals surface area (Å²) in [5.74, 6) is 0.693. The van der Waals surface area contributed by atoms with E-state index in [0.717, 1.165) is 28.0 Å². The summed E-state index contributed by atoms with van der Waals surface area (Å²) in [7, 11) is 0. The van der Waals surface area contributed by atoms with Crippen LogP contribution in [0.25, 0.3) is 28.2 Å². The van der Waals surface area contributed by atoms with Gasteiger partial charge in [-0.3, -0.25) is 0 Å². The van der Waals surface area contributed by atoms with Crippen LogP contribution in [0, 0.1) is 6.92 Å². The minimum absolute atomic E-state index is 0.693. The first-order chi connectivity index (χ1) is 12.8. The van der Waals surface area contributed by atoms with Crippen LogP contribution in [-0.4, -0.2) is 15.0 Å². The van der Waals surface area contributed by atoms with Crippen molar-refractivity contribution in [3.05, 3.63) is 84.8 Å². The summed E-state index contributed by atoms with van der Waals surface area (Å²) < 4.78 is 0. The van der Waals surface area contributed by atoms with E-state index in [2.05, 4.69) is 52.0 Å². The van der Waals surface area contributed by atoms with Gasteiger partial charge in [-0.1, -0.05) is 49.0 Å². The Labute approximate surface area is 152 Å². The number of hydrogen-bond acceptors (Lipinski definition) is 4. The smallest absolute Gasteiger partial charge is 0.158 e. The van der Waals surface area contributed by atoms with E-state index in [-0.39, 0.29) is 0 Å². The maximum atomic E-state index is 4.52. The molecular weight excluding hydrogens is 320 g/mol. The van der Waals surface area contributed by atoms with E-state index in [1.54, 1.807) is 18.5 Å². The number of fused-ring (bicyclic) bond motifs is 1. The van der Waals surface area contributed by atoms with E-state index in [9.17, 15) is 0 Å². The first-order valence-electron chi connectivity index (χ1n) is 8.42. The molecule has 0 unspecified atom stereocenters. The summed E-state index contributed by atoms with van der Waals surface area (Å²) >= 11 is 0. The van der Waals surface area contributed by atoms with Gasteiger partial charge >= 0.3 is 0 Å². The van der Waals surface area contributed by atoms with Gasteiger partial charge in [0.15, 0.2) is 5.82 Å². The monoisotopic (exact) mass is 338 g/mol. The van der Waals surface area contributed by atoms with Crippen molar-refractivity contribution in [1.82, 2.24) is 15.0 Å². The summed E-state index contributed by atoms with van der Waals surface area (Å²) in [5.41, 5.74) is 6.82. The number of rotatable bonds is 4. The topological polar surface area (TPSA) is 50.7 Å². The minimum Gasteiger partial charge on any atom is -0.338 e. The Hall–Kier alpha value is -3.53. The molecule has 0 radical (unpaired) electrons. The van der Waals surface area contributed by atoms with Crippen molar-refractivity contribution in [2.24, 2.45) is 0 Å². The summed E-state index contributed by atoms with van der Waals surface area (Å²) in [6, 6.07) is 18.4. The third kappa shape index (κ3) is 2.93. The van der Waals surface area contributed by atoms with Crippen molar-refractivity contribution in [1.29, 1.82) is 0 Å². The fraction of sp³-hybridized carbons (Fsp3) is 0.0455. The van der Waals surface area contributed by atoms with Crippen molar-refractivity contribution in [2.45, 2.75) is 6.92 Å². The van der Waals surface area contributed by atoms with E-state index >= 15 is 0 Å². The maximum absolute atomic E-state index is 4.52. The van der Waals surface area contributed by atoms with Gasteiger partial charge in [-0.15, -0.1) is 0 Å². The molecule has 2 aromatic carbocycles. The third-order valence-corrected chi connectivity index (χ3v) is 4.36. The number of anilines is 2. The zero-order chi connectivity index (χ0) is 17.9. The SMILES string of the molecule is C=Cc1cnc2c(Nc3cccc(-c4ccccc4)c3C)nccc2n1. The summed E-state index contributed by atoms with van der Waals surface area (Å²) in [6.07, 6.45) is 5.13. The van der Waals surface area contributed by atoms with Gasteiger partial charge in [0.2, 0.25) is 0 Å². The molecule has 0 atom stereocenters. The molecule has 4 rings (SSSR count). The normalized spacial score (nSPS) is 10.7. The maximum Gasteiger partial charge on any atom is 0.158 e. The predicted octanol–water partition coefficient (Wildman–Crippen LogP) is 5.39. The molecule has 0 aliphatic heterocycles. The molecule has 0 spiro atoms. The molecular formula is C22H18N4.